The number of aliphatic hydroxyl groups is 1. The van der Waals surface area contributed by atoms with Crippen LogP contribution < -0.4 is 5.32 Å². The van der Waals surface area contributed by atoms with E-state index in [-0.39, 0.29) is 12.4 Å². The first kappa shape index (κ1) is 14.3. The van der Waals surface area contributed by atoms with Gasteiger partial charge in [-0.2, -0.15) is 0 Å². The van der Waals surface area contributed by atoms with E-state index in [1.807, 2.05) is 6.92 Å². The van der Waals surface area contributed by atoms with E-state index in [4.69, 9.17) is 0 Å². The van der Waals surface area contributed by atoms with Gasteiger partial charge >= 0.3 is 0 Å². The van der Waals surface area contributed by atoms with Crippen molar-refractivity contribution in [1.29, 1.82) is 0 Å². The third kappa shape index (κ3) is 2.74. The molecule has 1 aromatic rings. The number of carbonyl (C=O) groups is 1. The molecular weight excluding hydrogens is 257 g/mol. The van der Waals surface area contributed by atoms with Gasteiger partial charge in [-0.1, -0.05) is 6.08 Å². The van der Waals surface area contributed by atoms with Crippen molar-refractivity contribution < 1.29 is 14.3 Å². The minimum atomic E-state index is -0.319. The number of benzene rings is 1. The summed E-state index contributed by atoms with van der Waals surface area (Å²) in [6.07, 6.45) is 4.03. The molecule has 1 amide bonds. The van der Waals surface area contributed by atoms with Crippen molar-refractivity contribution in [3.8, 4) is 0 Å². The Morgan fingerprint density at radius 3 is 2.80 bits per heavy atom. The van der Waals surface area contributed by atoms with Crippen molar-refractivity contribution in [3.63, 3.8) is 0 Å². The maximum atomic E-state index is 14.0. The lowest BCUT2D eigenvalue weighted by atomic mass is 9.89. The SMILES string of the molecule is CC1=CCCC(O)=C1c1cc(C)c(F)c(CNC=O)c1. The molecule has 106 valence electrons. The molecule has 20 heavy (non-hydrogen) atoms. The Hall–Kier alpha value is -2.10. The lowest BCUT2D eigenvalue weighted by Crippen LogP contribution is -2.12. The molecule has 4 heteroatoms. The van der Waals surface area contributed by atoms with Gasteiger partial charge in [0.05, 0.1) is 0 Å². The van der Waals surface area contributed by atoms with E-state index in [0.717, 1.165) is 23.1 Å². The highest BCUT2D eigenvalue weighted by atomic mass is 19.1. The molecule has 0 aliphatic heterocycles. The predicted molar refractivity (Wildman–Crippen MR) is 76.6 cm³/mol. The molecule has 1 aromatic carbocycles. The summed E-state index contributed by atoms with van der Waals surface area (Å²) in [5.41, 5.74) is 3.48. The zero-order chi connectivity index (χ0) is 14.7. The molecular formula is C16H18FNO2. The van der Waals surface area contributed by atoms with Crippen molar-refractivity contribution in [2.24, 2.45) is 0 Å². The lowest BCUT2D eigenvalue weighted by molar-refractivity contribution is -0.109. The number of carbonyl (C=O) groups excluding carboxylic acids is 1. The fraction of sp³-hybridized carbons (Fsp3) is 0.312. The standard InChI is InChI=1S/C16H18FNO2/c1-10-4-3-5-14(20)15(10)12-6-11(2)16(17)13(7-12)8-18-9-19/h4,6-7,9,20H,3,5,8H2,1-2H3,(H,18,19). The van der Waals surface area contributed by atoms with Crippen molar-refractivity contribution >= 4 is 12.0 Å². The summed E-state index contributed by atoms with van der Waals surface area (Å²) in [6, 6.07) is 3.42. The molecule has 1 aliphatic rings. The smallest absolute Gasteiger partial charge is 0.207 e. The Balaban J connectivity index is 2.50. The fourth-order valence-corrected chi connectivity index (χ4v) is 2.54. The highest BCUT2D eigenvalue weighted by Gasteiger charge is 2.17. The Morgan fingerprint density at radius 2 is 2.15 bits per heavy atom. The van der Waals surface area contributed by atoms with Gasteiger partial charge in [0.25, 0.3) is 0 Å². The Labute approximate surface area is 117 Å². The van der Waals surface area contributed by atoms with E-state index in [1.165, 1.54) is 0 Å². The molecule has 0 aromatic heterocycles. The van der Waals surface area contributed by atoms with Gasteiger partial charge in [0, 0.05) is 24.1 Å². The lowest BCUT2D eigenvalue weighted by Gasteiger charge is -2.18. The first-order valence-electron chi connectivity index (χ1n) is 6.60. The predicted octanol–water partition coefficient (Wildman–Crippen LogP) is 3.39. The molecule has 0 heterocycles. The summed E-state index contributed by atoms with van der Waals surface area (Å²) in [5.74, 6) is 0.0194. The topological polar surface area (TPSA) is 49.3 Å². The zero-order valence-electron chi connectivity index (χ0n) is 11.7. The van der Waals surface area contributed by atoms with E-state index in [1.54, 1.807) is 19.1 Å². The summed E-state index contributed by atoms with van der Waals surface area (Å²) in [4.78, 5) is 10.4. The van der Waals surface area contributed by atoms with E-state index in [9.17, 15) is 14.3 Å². The summed E-state index contributed by atoms with van der Waals surface area (Å²) in [7, 11) is 0. The fourth-order valence-electron chi connectivity index (χ4n) is 2.54. The van der Waals surface area contributed by atoms with Gasteiger partial charge in [0.15, 0.2) is 0 Å². The van der Waals surface area contributed by atoms with Gasteiger partial charge in [-0.3, -0.25) is 4.79 Å². The molecule has 0 saturated carbocycles. The minimum Gasteiger partial charge on any atom is -0.512 e. The van der Waals surface area contributed by atoms with Crippen LogP contribution in [-0.2, 0) is 11.3 Å². The van der Waals surface area contributed by atoms with Gasteiger partial charge in [0.1, 0.15) is 11.6 Å². The van der Waals surface area contributed by atoms with E-state index >= 15 is 0 Å². The number of halogens is 1. The number of allylic oxidation sites excluding steroid dienone is 4. The van der Waals surface area contributed by atoms with Crippen molar-refractivity contribution in [2.75, 3.05) is 0 Å². The normalized spacial score (nSPS) is 15.1. The van der Waals surface area contributed by atoms with Crippen molar-refractivity contribution in [1.82, 2.24) is 5.32 Å². The average molecular weight is 275 g/mol. The second kappa shape index (κ2) is 5.90. The molecule has 2 rings (SSSR count). The van der Waals surface area contributed by atoms with Crippen LogP contribution in [0.3, 0.4) is 0 Å². The first-order chi connectivity index (χ1) is 9.54. The van der Waals surface area contributed by atoms with Crippen LogP contribution in [0.4, 0.5) is 4.39 Å². The molecule has 3 nitrogen and oxygen atoms in total. The summed E-state index contributed by atoms with van der Waals surface area (Å²) >= 11 is 0. The second-order valence-corrected chi connectivity index (χ2v) is 5.01. The molecule has 1 aliphatic carbocycles. The molecule has 0 spiro atoms. The largest absolute Gasteiger partial charge is 0.512 e. The number of hydrogen-bond donors (Lipinski definition) is 2. The van der Waals surface area contributed by atoms with Crippen LogP contribution in [0.5, 0.6) is 0 Å². The maximum absolute atomic E-state index is 14.0. The molecule has 0 fully saturated rings. The van der Waals surface area contributed by atoms with Crippen LogP contribution in [0.1, 0.15) is 36.5 Å². The minimum absolute atomic E-state index is 0.140. The van der Waals surface area contributed by atoms with Crippen LogP contribution in [0.2, 0.25) is 0 Å². The van der Waals surface area contributed by atoms with Gasteiger partial charge in [-0.15, -0.1) is 0 Å². The number of hydrogen-bond acceptors (Lipinski definition) is 2. The summed E-state index contributed by atoms with van der Waals surface area (Å²) in [5, 5.41) is 12.6. The van der Waals surface area contributed by atoms with Crippen molar-refractivity contribution in [3.05, 3.63) is 52.0 Å². The van der Waals surface area contributed by atoms with Crippen LogP contribution in [0, 0.1) is 12.7 Å². The van der Waals surface area contributed by atoms with Gasteiger partial charge in [-0.05, 0) is 49.1 Å². The zero-order valence-corrected chi connectivity index (χ0v) is 11.7. The van der Waals surface area contributed by atoms with Crippen LogP contribution >= 0.6 is 0 Å². The van der Waals surface area contributed by atoms with Crippen LogP contribution in [0.15, 0.2) is 29.5 Å². The average Bonchev–Trinajstić information content (AvgIpc) is 2.40. The number of nitrogens with one attached hydrogen (secondary N) is 1. The third-order valence-corrected chi connectivity index (χ3v) is 3.51. The van der Waals surface area contributed by atoms with Crippen molar-refractivity contribution in [2.45, 2.75) is 33.2 Å². The van der Waals surface area contributed by atoms with Gasteiger partial charge in [-0.25, -0.2) is 4.39 Å². The highest BCUT2D eigenvalue weighted by molar-refractivity contribution is 5.81. The van der Waals surface area contributed by atoms with Crippen LogP contribution in [-0.4, -0.2) is 11.5 Å². The number of amides is 1. The van der Waals surface area contributed by atoms with E-state index in [2.05, 4.69) is 11.4 Å². The summed E-state index contributed by atoms with van der Waals surface area (Å²) in [6.45, 7) is 3.76. The van der Waals surface area contributed by atoms with Gasteiger partial charge < -0.3 is 10.4 Å². The maximum Gasteiger partial charge on any atom is 0.207 e. The monoisotopic (exact) mass is 275 g/mol. The molecule has 0 atom stereocenters. The molecule has 0 radical (unpaired) electrons. The molecule has 0 bridgehead atoms. The van der Waals surface area contributed by atoms with Crippen LogP contribution in [0.25, 0.3) is 5.57 Å². The number of aryl methyl sites for hydroxylation is 1. The second-order valence-electron chi connectivity index (χ2n) is 5.01. The molecule has 0 unspecified atom stereocenters. The Bertz CT molecular complexity index is 603. The van der Waals surface area contributed by atoms with Gasteiger partial charge in [0.2, 0.25) is 6.41 Å². The van der Waals surface area contributed by atoms with E-state index < -0.39 is 0 Å². The third-order valence-electron chi connectivity index (χ3n) is 3.51. The quantitative estimate of drug-likeness (QED) is 0.827. The summed E-state index contributed by atoms with van der Waals surface area (Å²) < 4.78 is 14.0. The number of aliphatic hydroxyl groups excluding tert-OH is 1. The first-order valence-corrected chi connectivity index (χ1v) is 6.60. The Kier molecular flexibility index (Phi) is 4.23. The number of rotatable bonds is 4. The Morgan fingerprint density at radius 1 is 1.40 bits per heavy atom. The molecule has 0 saturated heterocycles. The van der Waals surface area contributed by atoms with E-state index in [0.29, 0.717) is 29.7 Å². The molecule has 2 N–H and O–H groups in total. The highest BCUT2D eigenvalue weighted by Crippen LogP contribution is 2.33.